The van der Waals surface area contributed by atoms with Crippen molar-refractivity contribution < 1.29 is 19.1 Å². The summed E-state index contributed by atoms with van der Waals surface area (Å²) in [5.74, 6) is -1.47. The number of esters is 1. The highest BCUT2D eigenvalue weighted by Crippen LogP contribution is 2.22. The zero-order valence-electron chi connectivity index (χ0n) is 12.0. The lowest BCUT2D eigenvalue weighted by Crippen LogP contribution is -2.37. The van der Waals surface area contributed by atoms with Crippen LogP contribution in [0, 0.1) is 5.21 Å². The van der Waals surface area contributed by atoms with Crippen molar-refractivity contribution in [2.75, 3.05) is 5.32 Å². The Hall–Kier alpha value is -2.31. The summed E-state index contributed by atoms with van der Waals surface area (Å²) in [7, 11) is 0. The fourth-order valence-electron chi connectivity index (χ4n) is 1.73. The molecule has 1 aromatic heterocycles. The lowest BCUT2D eigenvalue weighted by atomic mass is 10.3. The molecule has 2 rings (SSSR count). The first-order valence-corrected chi connectivity index (χ1v) is 7.28. The van der Waals surface area contributed by atoms with Crippen LogP contribution in [0.3, 0.4) is 0 Å². The molecular weight excluding hydrogens is 343 g/mol. The van der Waals surface area contributed by atoms with Crippen LogP contribution < -0.4 is 10.0 Å². The molecule has 8 heteroatoms. The Morgan fingerprint density at radius 1 is 1.22 bits per heavy atom. The van der Waals surface area contributed by atoms with Gasteiger partial charge in [-0.15, -0.1) is 0 Å². The van der Waals surface area contributed by atoms with Crippen molar-refractivity contribution in [1.82, 2.24) is 0 Å². The number of halogens is 2. The number of rotatable bonds is 4. The number of benzene rings is 1. The van der Waals surface area contributed by atoms with Gasteiger partial charge < -0.3 is 15.3 Å². The molecule has 6 nitrogen and oxygen atoms in total. The fraction of sp³-hybridized carbons (Fsp3) is 0.133. The molecule has 1 N–H and O–H groups in total. The first-order chi connectivity index (χ1) is 10.9. The fourth-order valence-corrected chi connectivity index (χ4v) is 2.26. The molecule has 0 aliphatic carbocycles. The van der Waals surface area contributed by atoms with Crippen molar-refractivity contribution in [3.8, 4) is 0 Å². The van der Waals surface area contributed by atoms with Gasteiger partial charge in [-0.2, -0.15) is 4.73 Å². The number of nitrogens with zero attached hydrogens (tertiary/aromatic N) is 1. The van der Waals surface area contributed by atoms with Crippen molar-refractivity contribution in [1.29, 1.82) is 0 Å². The molecule has 0 bridgehead atoms. The maximum atomic E-state index is 12.0. The van der Waals surface area contributed by atoms with Crippen LogP contribution in [0.2, 0.25) is 10.0 Å². The predicted molar refractivity (Wildman–Crippen MR) is 85.4 cm³/mol. The number of nitrogens with one attached hydrogen (secondary N) is 1. The second-order valence-corrected chi connectivity index (χ2v) is 5.48. The van der Waals surface area contributed by atoms with Gasteiger partial charge in [0, 0.05) is 27.9 Å². The van der Waals surface area contributed by atoms with Crippen LogP contribution in [-0.4, -0.2) is 18.0 Å². The number of aromatic nitrogens is 1. The van der Waals surface area contributed by atoms with E-state index < -0.39 is 18.0 Å². The summed E-state index contributed by atoms with van der Waals surface area (Å²) in [5, 5.41) is 14.7. The molecule has 0 saturated carbocycles. The molecule has 0 fully saturated rings. The molecular formula is C15H12Cl2N2O4. The quantitative estimate of drug-likeness (QED) is 0.519. The summed E-state index contributed by atoms with van der Waals surface area (Å²) in [6.07, 6.45) is 0.0513. The zero-order valence-corrected chi connectivity index (χ0v) is 13.5. The molecule has 1 atom stereocenters. The molecule has 23 heavy (non-hydrogen) atoms. The van der Waals surface area contributed by atoms with Crippen LogP contribution in [0.15, 0.2) is 42.6 Å². The second kappa shape index (κ2) is 7.30. The third-order valence-electron chi connectivity index (χ3n) is 2.82. The van der Waals surface area contributed by atoms with Gasteiger partial charge in [-0.25, -0.2) is 4.79 Å². The number of amides is 1. The Bertz CT molecular complexity index is 732. The summed E-state index contributed by atoms with van der Waals surface area (Å²) in [6.45, 7) is 1.39. The average molecular weight is 355 g/mol. The first kappa shape index (κ1) is 17.1. The minimum Gasteiger partial charge on any atom is -0.618 e. The maximum Gasteiger partial charge on any atom is 0.405 e. The highest BCUT2D eigenvalue weighted by atomic mass is 35.5. The highest BCUT2D eigenvalue weighted by Gasteiger charge is 2.23. The van der Waals surface area contributed by atoms with Crippen molar-refractivity contribution in [2.45, 2.75) is 13.0 Å². The Balaban J connectivity index is 2.02. The lowest BCUT2D eigenvalue weighted by molar-refractivity contribution is -0.608. The highest BCUT2D eigenvalue weighted by molar-refractivity contribution is 6.35. The third-order valence-corrected chi connectivity index (χ3v) is 3.25. The van der Waals surface area contributed by atoms with Gasteiger partial charge in [-0.1, -0.05) is 23.2 Å². The summed E-state index contributed by atoms with van der Waals surface area (Å²) in [4.78, 5) is 23.9. The molecule has 1 heterocycles. The molecule has 0 aliphatic heterocycles. The number of carbonyl (C=O) groups excluding carboxylic acids is 2. The van der Waals surface area contributed by atoms with Gasteiger partial charge in [0.1, 0.15) is 0 Å². The normalized spacial score (nSPS) is 11.6. The van der Waals surface area contributed by atoms with E-state index in [0.29, 0.717) is 20.5 Å². The Morgan fingerprint density at radius 2 is 1.87 bits per heavy atom. The van der Waals surface area contributed by atoms with E-state index in [9.17, 15) is 14.8 Å². The number of anilines is 1. The van der Waals surface area contributed by atoms with E-state index >= 15 is 0 Å². The Kier molecular flexibility index (Phi) is 5.41. The second-order valence-electron chi connectivity index (χ2n) is 4.61. The van der Waals surface area contributed by atoms with Crippen LogP contribution in [0.1, 0.15) is 17.4 Å². The van der Waals surface area contributed by atoms with Crippen molar-refractivity contribution >= 4 is 40.8 Å². The molecule has 0 radical (unpaired) electrons. The van der Waals surface area contributed by atoms with Crippen molar-refractivity contribution in [2.24, 2.45) is 0 Å². The minimum atomic E-state index is -1.11. The van der Waals surface area contributed by atoms with Crippen LogP contribution in [0.4, 0.5) is 5.69 Å². The Morgan fingerprint density at radius 3 is 2.48 bits per heavy atom. The van der Waals surface area contributed by atoms with Gasteiger partial charge >= 0.3 is 11.7 Å². The minimum absolute atomic E-state index is 0.210. The molecule has 0 saturated heterocycles. The molecule has 0 spiro atoms. The molecule has 2 aromatic rings. The van der Waals surface area contributed by atoms with E-state index in [4.69, 9.17) is 27.9 Å². The van der Waals surface area contributed by atoms with Gasteiger partial charge in [0.15, 0.2) is 12.3 Å². The zero-order chi connectivity index (χ0) is 17.0. The molecule has 0 aliphatic rings. The summed E-state index contributed by atoms with van der Waals surface area (Å²) >= 11 is 11.7. The average Bonchev–Trinajstić information content (AvgIpc) is 2.46. The smallest absolute Gasteiger partial charge is 0.405 e. The molecule has 1 aromatic carbocycles. The van der Waals surface area contributed by atoms with Gasteiger partial charge in [0.2, 0.25) is 0 Å². The van der Waals surface area contributed by atoms with Crippen molar-refractivity contribution in [3.63, 3.8) is 0 Å². The number of carbonyl (C=O) groups is 2. The molecule has 120 valence electrons. The number of ether oxygens (including phenoxy) is 1. The van der Waals surface area contributed by atoms with E-state index in [0.717, 1.165) is 6.20 Å². The Labute approximate surface area is 142 Å². The summed E-state index contributed by atoms with van der Waals surface area (Å²) < 4.78 is 5.34. The lowest BCUT2D eigenvalue weighted by Gasteiger charge is -2.13. The number of hydrogen-bond acceptors (Lipinski definition) is 4. The van der Waals surface area contributed by atoms with Gasteiger partial charge in [0.05, 0.1) is 0 Å². The van der Waals surface area contributed by atoms with E-state index in [1.165, 1.54) is 43.3 Å². The number of hydrogen-bond donors (Lipinski definition) is 1. The molecule has 0 unspecified atom stereocenters. The van der Waals surface area contributed by atoms with Crippen LogP contribution in [0.25, 0.3) is 0 Å². The number of pyridine rings is 1. The van der Waals surface area contributed by atoms with E-state index in [2.05, 4.69) is 5.32 Å². The maximum absolute atomic E-state index is 12.0. The first-order valence-electron chi connectivity index (χ1n) is 6.53. The third kappa shape index (κ3) is 4.58. The monoisotopic (exact) mass is 354 g/mol. The van der Waals surface area contributed by atoms with E-state index in [1.807, 2.05) is 0 Å². The summed E-state index contributed by atoms with van der Waals surface area (Å²) in [6, 6.07) is 8.82. The van der Waals surface area contributed by atoms with Crippen LogP contribution in [-0.2, 0) is 9.53 Å². The van der Waals surface area contributed by atoms with Gasteiger partial charge in [-0.05, 0) is 31.2 Å². The van der Waals surface area contributed by atoms with E-state index in [-0.39, 0.29) is 5.69 Å². The standard InChI is InChI=1S/C15H12Cl2N2O4/c1-9(23-15(21)13-4-2-3-5-19(13)22)14(20)18-12-7-10(16)6-11(17)8-12/h2-9H,1H3,(H,18,20)/t9-/m0/s1. The molecule has 1 amide bonds. The largest absolute Gasteiger partial charge is 0.618 e. The summed E-state index contributed by atoms with van der Waals surface area (Å²) in [5.41, 5.74) is 0.159. The topological polar surface area (TPSA) is 82.3 Å². The van der Waals surface area contributed by atoms with Gasteiger partial charge in [0.25, 0.3) is 5.91 Å². The van der Waals surface area contributed by atoms with Gasteiger partial charge in [-0.3, -0.25) is 4.79 Å². The van der Waals surface area contributed by atoms with Crippen LogP contribution in [0.5, 0.6) is 0 Å². The van der Waals surface area contributed by atoms with Crippen molar-refractivity contribution in [3.05, 3.63) is 63.5 Å². The SMILES string of the molecule is C[C@H](OC(=O)c1cccc[n+]1[O-])C(=O)Nc1cc(Cl)cc(Cl)c1. The van der Waals surface area contributed by atoms with Crippen LogP contribution >= 0.6 is 23.2 Å². The predicted octanol–water partition coefficient (Wildman–Crippen LogP) is 2.81. The van der Waals surface area contributed by atoms with E-state index in [1.54, 1.807) is 0 Å².